The quantitative estimate of drug-likeness (QED) is 0.857. The van der Waals surface area contributed by atoms with Gasteiger partial charge in [-0.2, -0.15) is 0 Å². The lowest BCUT2D eigenvalue weighted by atomic mass is 10.1. The van der Waals surface area contributed by atoms with Crippen LogP contribution in [0.2, 0.25) is 0 Å². The summed E-state index contributed by atoms with van der Waals surface area (Å²) in [6, 6.07) is 3.88. The number of hydrogen-bond donors (Lipinski definition) is 2. The fourth-order valence-corrected chi connectivity index (χ4v) is 2.03. The Balaban J connectivity index is 2.02. The summed E-state index contributed by atoms with van der Waals surface area (Å²) in [4.78, 5) is 15.6. The molecule has 2 amide bonds. The Labute approximate surface area is 106 Å². The van der Waals surface area contributed by atoms with E-state index >= 15 is 0 Å². The van der Waals surface area contributed by atoms with Gasteiger partial charge >= 0.3 is 6.03 Å². The number of nitrogens with zero attached hydrogens (tertiary/aromatic N) is 2. The summed E-state index contributed by atoms with van der Waals surface area (Å²) in [7, 11) is 1.98. The number of rotatable bonds is 4. The molecule has 2 aromatic heterocycles. The van der Waals surface area contributed by atoms with Crippen LogP contribution >= 0.6 is 0 Å². The molecule has 2 N–H and O–H groups in total. The third-order valence-electron chi connectivity index (χ3n) is 2.83. The number of hydrogen-bond acceptors (Lipinski definition) is 2. The van der Waals surface area contributed by atoms with Crippen LogP contribution in [0.3, 0.4) is 0 Å². The molecule has 0 aliphatic heterocycles. The Bertz CT molecular complexity index is 547. The molecule has 0 aliphatic rings. The summed E-state index contributed by atoms with van der Waals surface area (Å²) in [6.07, 6.45) is 4.66. The summed E-state index contributed by atoms with van der Waals surface area (Å²) in [5.74, 6) is 0. The smallest absolute Gasteiger partial charge is 0.314 e. The average molecular weight is 246 g/mol. The van der Waals surface area contributed by atoms with Crippen molar-refractivity contribution in [3.8, 4) is 0 Å². The highest BCUT2D eigenvalue weighted by atomic mass is 16.2. The van der Waals surface area contributed by atoms with E-state index in [9.17, 15) is 4.79 Å². The van der Waals surface area contributed by atoms with Gasteiger partial charge in [0.2, 0.25) is 0 Å². The van der Waals surface area contributed by atoms with Gasteiger partial charge in [0.05, 0.1) is 0 Å². The third kappa shape index (κ3) is 2.61. The van der Waals surface area contributed by atoms with Gasteiger partial charge in [0.15, 0.2) is 0 Å². The van der Waals surface area contributed by atoms with E-state index < -0.39 is 0 Å². The Hall–Kier alpha value is -2.04. The monoisotopic (exact) mass is 246 g/mol. The predicted molar refractivity (Wildman–Crippen MR) is 71.5 cm³/mol. The highest BCUT2D eigenvalue weighted by Crippen LogP contribution is 2.18. The molecule has 0 fully saturated rings. The van der Waals surface area contributed by atoms with Gasteiger partial charge in [-0.25, -0.2) is 9.78 Å². The minimum Gasteiger partial charge on any atom is -0.338 e. The van der Waals surface area contributed by atoms with E-state index in [1.165, 1.54) is 5.56 Å². The van der Waals surface area contributed by atoms with Crippen molar-refractivity contribution in [1.82, 2.24) is 20.2 Å². The van der Waals surface area contributed by atoms with Gasteiger partial charge in [0.1, 0.15) is 5.65 Å². The van der Waals surface area contributed by atoms with Crippen LogP contribution < -0.4 is 10.6 Å². The van der Waals surface area contributed by atoms with E-state index in [0.29, 0.717) is 13.1 Å². The Kier molecular flexibility index (Phi) is 3.82. The molecular weight excluding hydrogens is 228 g/mol. The lowest BCUT2D eigenvalue weighted by molar-refractivity contribution is 0.241. The van der Waals surface area contributed by atoms with Crippen molar-refractivity contribution in [1.29, 1.82) is 0 Å². The number of carbonyl (C=O) groups is 1. The highest BCUT2D eigenvalue weighted by Gasteiger charge is 2.07. The summed E-state index contributed by atoms with van der Waals surface area (Å²) in [5, 5.41) is 6.68. The minimum atomic E-state index is -0.115. The van der Waals surface area contributed by atoms with E-state index in [1.54, 1.807) is 6.20 Å². The van der Waals surface area contributed by atoms with Crippen LogP contribution in [-0.2, 0) is 13.5 Å². The molecule has 2 aromatic rings. The molecule has 0 saturated carbocycles. The van der Waals surface area contributed by atoms with Crippen molar-refractivity contribution in [2.24, 2.45) is 7.05 Å². The maximum Gasteiger partial charge on any atom is 0.314 e. The molecule has 2 rings (SSSR count). The van der Waals surface area contributed by atoms with Gasteiger partial charge in [0.25, 0.3) is 0 Å². The number of fused-ring (bicyclic) bond motifs is 1. The maximum atomic E-state index is 11.3. The first kappa shape index (κ1) is 12.4. The van der Waals surface area contributed by atoms with Gasteiger partial charge in [-0.3, -0.25) is 0 Å². The number of aromatic nitrogens is 2. The molecule has 0 spiro atoms. The SMILES string of the molecule is CCNC(=O)NCCc1cn(C)c2ncccc12. The fourth-order valence-electron chi connectivity index (χ4n) is 2.03. The van der Waals surface area contributed by atoms with E-state index in [1.807, 2.05) is 24.6 Å². The van der Waals surface area contributed by atoms with Crippen LogP contribution in [0.4, 0.5) is 4.79 Å². The molecule has 0 aromatic carbocycles. The zero-order chi connectivity index (χ0) is 13.0. The maximum absolute atomic E-state index is 11.3. The summed E-state index contributed by atoms with van der Waals surface area (Å²) in [6.45, 7) is 3.17. The van der Waals surface area contributed by atoms with E-state index in [0.717, 1.165) is 17.5 Å². The summed E-state index contributed by atoms with van der Waals surface area (Å²) < 4.78 is 2.01. The average Bonchev–Trinajstić information content (AvgIpc) is 2.68. The first-order chi connectivity index (χ1) is 8.72. The van der Waals surface area contributed by atoms with E-state index in [-0.39, 0.29) is 6.03 Å². The van der Waals surface area contributed by atoms with Crippen molar-refractivity contribution >= 4 is 17.1 Å². The van der Waals surface area contributed by atoms with Crippen molar-refractivity contribution in [3.05, 3.63) is 30.1 Å². The molecule has 0 radical (unpaired) electrons. The van der Waals surface area contributed by atoms with Crippen LogP contribution in [0, 0.1) is 0 Å². The van der Waals surface area contributed by atoms with Gasteiger partial charge in [-0.15, -0.1) is 0 Å². The molecule has 0 atom stereocenters. The Morgan fingerprint density at radius 1 is 1.44 bits per heavy atom. The zero-order valence-electron chi connectivity index (χ0n) is 10.7. The zero-order valence-corrected chi connectivity index (χ0v) is 10.7. The molecule has 0 unspecified atom stereocenters. The minimum absolute atomic E-state index is 0.115. The van der Waals surface area contributed by atoms with Crippen molar-refractivity contribution < 1.29 is 4.79 Å². The first-order valence-electron chi connectivity index (χ1n) is 6.13. The highest BCUT2D eigenvalue weighted by molar-refractivity contribution is 5.80. The Morgan fingerprint density at radius 2 is 2.28 bits per heavy atom. The second-order valence-corrected chi connectivity index (χ2v) is 4.18. The lowest BCUT2D eigenvalue weighted by Gasteiger charge is -2.04. The first-order valence-corrected chi connectivity index (χ1v) is 6.13. The predicted octanol–water partition coefficient (Wildman–Crippen LogP) is 1.43. The number of urea groups is 1. The summed E-state index contributed by atoms with van der Waals surface area (Å²) in [5.41, 5.74) is 2.18. The van der Waals surface area contributed by atoms with Crippen molar-refractivity contribution in [3.63, 3.8) is 0 Å². The number of pyridine rings is 1. The van der Waals surface area contributed by atoms with E-state index in [4.69, 9.17) is 0 Å². The van der Waals surface area contributed by atoms with E-state index in [2.05, 4.69) is 27.9 Å². The van der Waals surface area contributed by atoms with Gasteiger partial charge in [-0.1, -0.05) is 0 Å². The van der Waals surface area contributed by atoms with Gasteiger partial charge in [-0.05, 0) is 31.0 Å². The number of aryl methyl sites for hydroxylation is 1. The fraction of sp³-hybridized carbons (Fsp3) is 0.385. The van der Waals surface area contributed by atoms with Crippen LogP contribution in [-0.4, -0.2) is 28.7 Å². The van der Waals surface area contributed by atoms with Crippen LogP contribution in [0.1, 0.15) is 12.5 Å². The second-order valence-electron chi connectivity index (χ2n) is 4.18. The van der Waals surface area contributed by atoms with Crippen molar-refractivity contribution in [2.45, 2.75) is 13.3 Å². The van der Waals surface area contributed by atoms with Crippen LogP contribution in [0.5, 0.6) is 0 Å². The molecule has 0 saturated heterocycles. The van der Waals surface area contributed by atoms with Gasteiger partial charge < -0.3 is 15.2 Å². The number of amides is 2. The molecule has 5 nitrogen and oxygen atoms in total. The van der Waals surface area contributed by atoms with Crippen molar-refractivity contribution in [2.75, 3.05) is 13.1 Å². The number of carbonyl (C=O) groups excluding carboxylic acids is 1. The standard InChI is InChI=1S/C13H18N4O/c1-3-14-13(18)16-8-6-10-9-17(2)12-11(10)5-4-7-15-12/h4-5,7,9H,3,6,8H2,1-2H3,(H2,14,16,18). The number of nitrogens with one attached hydrogen (secondary N) is 2. The largest absolute Gasteiger partial charge is 0.338 e. The molecule has 2 heterocycles. The lowest BCUT2D eigenvalue weighted by Crippen LogP contribution is -2.36. The topological polar surface area (TPSA) is 59.0 Å². The van der Waals surface area contributed by atoms with Crippen LogP contribution in [0.25, 0.3) is 11.0 Å². The molecule has 0 bridgehead atoms. The Morgan fingerprint density at radius 3 is 3.06 bits per heavy atom. The third-order valence-corrected chi connectivity index (χ3v) is 2.83. The molecule has 5 heteroatoms. The second kappa shape index (κ2) is 5.53. The molecule has 96 valence electrons. The molecular formula is C13H18N4O. The molecule has 0 aliphatic carbocycles. The van der Waals surface area contributed by atoms with Gasteiger partial charge in [0, 0.05) is 37.9 Å². The normalized spacial score (nSPS) is 10.6. The van der Waals surface area contributed by atoms with Crippen LogP contribution in [0.15, 0.2) is 24.5 Å². The molecule has 18 heavy (non-hydrogen) atoms. The summed E-state index contributed by atoms with van der Waals surface area (Å²) >= 11 is 0.